The van der Waals surface area contributed by atoms with Crippen molar-refractivity contribution >= 4 is 6.03 Å². The number of amides is 2. The molecule has 20 heavy (non-hydrogen) atoms. The van der Waals surface area contributed by atoms with E-state index in [4.69, 9.17) is 5.11 Å². The van der Waals surface area contributed by atoms with Gasteiger partial charge < -0.3 is 15.3 Å². The molecule has 1 heterocycles. The number of likely N-dealkylation sites (tertiary alicyclic amines) is 1. The lowest BCUT2D eigenvalue weighted by Crippen LogP contribution is -2.39. The average Bonchev–Trinajstić information content (AvgIpc) is 2.90. The van der Waals surface area contributed by atoms with Gasteiger partial charge in [-0.3, -0.25) is 0 Å². The van der Waals surface area contributed by atoms with E-state index >= 15 is 0 Å². The van der Waals surface area contributed by atoms with Crippen molar-refractivity contribution in [3.8, 4) is 0 Å². The molecule has 2 rings (SSSR count). The molecule has 1 aliphatic heterocycles. The van der Waals surface area contributed by atoms with Crippen molar-refractivity contribution in [1.82, 2.24) is 10.2 Å². The second-order valence-electron chi connectivity index (χ2n) is 5.70. The Balaban J connectivity index is 1.77. The average molecular weight is 276 g/mol. The fourth-order valence-electron chi connectivity index (χ4n) is 2.71. The summed E-state index contributed by atoms with van der Waals surface area (Å²) in [4.78, 5) is 13.8. The van der Waals surface area contributed by atoms with Crippen molar-refractivity contribution in [1.29, 1.82) is 0 Å². The Morgan fingerprint density at radius 2 is 2.25 bits per heavy atom. The van der Waals surface area contributed by atoms with Gasteiger partial charge in [-0.15, -0.1) is 0 Å². The standard InChI is InChI=1S/C16H24N2O2/c1-12-3-4-15(13(2)9-12)5-7-17-16(20)18-8-6-14(10-18)11-19/h3-4,9,14,19H,5-8,10-11H2,1-2H3,(H,17,20). The van der Waals surface area contributed by atoms with Crippen molar-refractivity contribution < 1.29 is 9.90 Å². The third-order valence-electron chi connectivity index (χ3n) is 4.00. The number of carbonyl (C=O) groups is 1. The second-order valence-corrected chi connectivity index (χ2v) is 5.70. The first-order valence-corrected chi connectivity index (χ1v) is 7.30. The molecule has 1 saturated heterocycles. The quantitative estimate of drug-likeness (QED) is 0.882. The van der Waals surface area contributed by atoms with Gasteiger partial charge in [-0.05, 0) is 37.8 Å². The molecule has 0 saturated carbocycles. The van der Waals surface area contributed by atoms with Crippen LogP contribution in [0, 0.1) is 19.8 Å². The van der Waals surface area contributed by atoms with E-state index in [9.17, 15) is 4.79 Å². The van der Waals surface area contributed by atoms with Crippen LogP contribution in [0.4, 0.5) is 4.79 Å². The number of aryl methyl sites for hydroxylation is 2. The molecular weight excluding hydrogens is 252 g/mol. The molecule has 4 nitrogen and oxygen atoms in total. The highest BCUT2D eigenvalue weighted by Crippen LogP contribution is 2.15. The van der Waals surface area contributed by atoms with Gasteiger partial charge in [0.25, 0.3) is 0 Å². The van der Waals surface area contributed by atoms with Crippen LogP contribution in [-0.4, -0.2) is 42.3 Å². The van der Waals surface area contributed by atoms with Crippen LogP contribution in [0.2, 0.25) is 0 Å². The molecule has 2 N–H and O–H groups in total. The molecule has 1 atom stereocenters. The maximum absolute atomic E-state index is 12.0. The summed E-state index contributed by atoms with van der Waals surface area (Å²) in [6, 6.07) is 6.40. The first kappa shape index (κ1) is 14.9. The number of urea groups is 1. The molecule has 0 aromatic heterocycles. The topological polar surface area (TPSA) is 52.6 Å². The summed E-state index contributed by atoms with van der Waals surface area (Å²) in [7, 11) is 0. The minimum absolute atomic E-state index is 0.00860. The van der Waals surface area contributed by atoms with Gasteiger partial charge in [-0.1, -0.05) is 23.8 Å². The van der Waals surface area contributed by atoms with E-state index in [1.54, 1.807) is 4.90 Å². The summed E-state index contributed by atoms with van der Waals surface area (Å²) in [5.41, 5.74) is 3.83. The Bertz CT molecular complexity index is 474. The lowest BCUT2D eigenvalue weighted by Gasteiger charge is -2.17. The number of carbonyl (C=O) groups excluding carboxylic acids is 1. The summed E-state index contributed by atoms with van der Waals surface area (Å²) in [6.45, 7) is 6.45. The summed E-state index contributed by atoms with van der Waals surface area (Å²) in [6.07, 6.45) is 1.76. The van der Waals surface area contributed by atoms with E-state index in [2.05, 4.69) is 37.4 Å². The van der Waals surface area contributed by atoms with Gasteiger partial charge >= 0.3 is 6.03 Å². The Labute approximate surface area is 120 Å². The maximum Gasteiger partial charge on any atom is 0.317 e. The van der Waals surface area contributed by atoms with Crippen LogP contribution in [0.5, 0.6) is 0 Å². The van der Waals surface area contributed by atoms with Gasteiger partial charge in [0, 0.05) is 32.2 Å². The Morgan fingerprint density at radius 1 is 1.45 bits per heavy atom. The lowest BCUT2D eigenvalue weighted by molar-refractivity contribution is 0.198. The molecule has 1 fully saturated rings. The van der Waals surface area contributed by atoms with E-state index in [0.717, 1.165) is 19.4 Å². The van der Waals surface area contributed by atoms with Crippen LogP contribution in [0.15, 0.2) is 18.2 Å². The zero-order valence-corrected chi connectivity index (χ0v) is 12.4. The number of nitrogens with one attached hydrogen (secondary N) is 1. The molecule has 1 aromatic carbocycles. The van der Waals surface area contributed by atoms with Crippen LogP contribution in [-0.2, 0) is 6.42 Å². The first-order valence-electron chi connectivity index (χ1n) is 7.30. The third-order valence-corrected chi connectivity index (χ3v) is 4.00. The molecular formula is C16H24N2O2. The van der Waals surface area contributed by atoms with Crippen LogP contribution in [0.1, 0.15) is 23.1 Å². The van der Waals surface area contributed by atoms with Crippen LogP contribution in [0.3, 0.4) is 0 Å². The second kappa shape index (κ2) is 6.75. The number of aliphatic hydroxyl groups excluding tert-OH is 1. The highest BCUT2D eigenvalue weighted by molar-refractivity contribution is 5.74. The maximum atomic E-state index is 12.0. The summed E-state index contributed by atoms with van der Waals surface area (Å²) in [5, 5.41) is 12.0. The minimum Gasteiger partial charge on any atom is -0.396 e. The van der Waals surface area contributed by atoms with Crippen LogP contribution < -0.4 is 5.32 Å². The zero-order valence-electron chi connectivity index (χ0n) is 12.4. The highest BCUT2D eigenvalue weighted by atomic mass is 16.3. The first-order chi connectivity index (χ1) is 9.60. The van der Waals surface area contributed by atoms with Crippen LogP contribution in [0.25, 0.3) is 0 Å². The number of hydrogen-bond donors (Lipinski definition) is 2. The van der Waals surface area contributed by atoms with E-state index in [1.807, 2.05) is 0 Å². The van der Waals surface area contributed by atoms with E-state index in [0.29, 0.717) is 13.1 Å². The molecule has 0 spiro atoms. The molecule has 0 aliphatic carbocycles. The normalized spacial score (nSPS) is 18.4. The molecule has 1 aliphatic rings. The molecule has 1 unspecified atom stereocenters. The van der Waals surface area contributed by atoms with Crippen molar-refractivity contribution in [2.45, 2.75) is 26.7 Å². The summed E-state index contributed by atoms with van der Waals surface area (Å²) in [5.74, 6) is 0.250. The number of rotatable bonds is 4. The lowest BCUT2D eigenvalue weighted by atomic mass is 10.0. The van der Waals surface area contributed by atoms with E-state index < -0.39 is 0 Å². The number of nitrogens with zero attached hydrogens (tertiary/aromatic N) is 1. The van der Waals surface area contributed by atoms with Crippen LogP contribution >= 0.6 is 0 Å². The Hall–Kier alpha value is -1.55. The smallest absolute Gasteiger partial charge is 0.317 e. The van der Waals surface area contributed by atoms with Gasteiger partial charge in [-0.2, -0.15) is 0 Å². The van der Waals surface area contributed by atoms with Crippen molar-refractivity contribution in [2.24, 2.45) is 5.92 Å². The number of benzene rings is 1. The van der Waals surface area contributed by atoms with Gasteiger partial charge in [0.2, 0.25) is 0 Å². The number of hydrogen-bond acceptors (Lipinski definition) is 2. The summed E-state index contributed by atoms with van der Waals surface area (Å²) >= 11 is 0. The van der Waals surface area contributed by atoms with Gasteiger partial charge in [0.15, 0.2) is 0 Å². The van der Waals surface area contributed by atoms with E-state index in [-0.39, 0.29) is 18.6 Å². The molecule has 0 radical (unpaired) electrons. The van der Waals surface area contributed by atoms with Crippen molar-refractivity contribution in [3.05, 3.63) is 34.9 Å². The fraction of sp³-hybridized carbons (Fsp3) is 0.562. The molecule has 110 valence electrons. The van der Waals surface area contributed by atoms with Gasteiger partial charge in [-0.25, -0.2) is 4.79 Å². The van der Waals surface area contributed by atoms with Crippen molar-refractivity contribution in [3.63, 3.8) is 0 Å². The number of aliphatic hydroxyl groups is 1. The molecule has 2 amide bonds. The molecule has 0 bridgehead atoms. The SMILES string of the molecule is Cc1ccc(CCNC(=O)N2CCC(CO)C2)c(C)c1. The fourth-order valence-corrected chi connectivity index (χ4v) is 2.71. The monoisotopic (exact) mass is 276 g/mol. The highest BCUT2D eigenvalue weighted by Gasteiger charge is 2.25. The molecule has 4 heteroatoms. The predicted molar refractivity (Wildman–Crippen MR) is 79.8 cm³/mol. The third kappa shape index (κ3) is 3.73. The largest absolute Gasteiger partial charge is 0.396 e. The van der Waals surface area contributed by atoms with E-state index in [1.165, 1.54) is 16.7 Å². The summed E-state index contributed by atoms with van der Waals surface area (Å²) < 4.78 is 0. The Kier molecular flexibility index (Phi) is 5.01. The van der Waals surface area contributed by atoms with Gasteiger partial charge in [0.05, 0.1) is 0 Å². The van der Waals surface area contributed by atoms with Gasteiger partial charge in [0.1, 0.15) is 0 Å². The zero-order chi connectivity index (χ0) is 14.5. The Morgan fingerprint density at radius 3 is 2.90 bits per heavy atom. The van der Waals surface area contributed by atoms with Crippen molar-refractivity contribution in [2.75, 3.05) is 26.2 Å². The predicted octanol–water partition coefficient (Wildman–Crippen LogP) is 1.87. The minimum atomic E-state index is -0.00860. The molecule has 1 aromatic rings.